The highest BCUT2D eigenvalue weighted by Gasteiger charge is 2.21. The zero-order valence-corrected chi connectivity index (χ0v) is 15.1. The molecule has 0 bridgehead atoms. The Bertz CT molecular complexity index is 448. The summed E-state index contributed by atoms with van der Waals surface area (Å²) in [5, 5.41) is 6.29. The van der Waals surface area contributed by atoms with E-state index in [0.29, 0.717) is 0 Å². The molecule has 0 spiro atoms. The molecular formula is C13H15Br3N2O. The van der Waals surface area contributed by atoms with Gasteiger partial charge in [-0.25, -0.2) is 0 Å². The molecule has 0 saturated carbocycles. The third-order valence-corrected chi connectivity index (χ3v) is 4.84. The van der Waals surface area contributed by atoms with Crippen LogP contribution in [0.3, 0.4) is 0 Å². The number of rotatable bonds is 2. The summed E-state index contributed by atoms with van der Waals surface area (Å²) in [6, 6.07) is 3.74. The number of carbonyl (C=O) groups excluding carboxylic acids is 1. The average Bonchev–Trinajstić information content (AvgIpc) is 2.62. The topological polar surface area (TPSA) is 41.1 Å². The van der Waals surface area contributed by atoms with E-state index in [2.05, 4.69) is 58.4 Å². The first-order valence-corrected chi connectivity index (χ1v) is 8.64. The molecule has 1 atom stereocenters. The highest BCUT2D eigenvalue weighted by Crippen LogP contribution is 2.34. The largest absolute Gasteiger partial charge is 0.323 e. The van der Waals surface area contributed by atoms with E-state index >= 15 is 0 Å². The Balaban J connectivity index is 2.10. The maximum absolute atomic E-state index is 12.3. The van der Waals surface area contributed by atoms with E-state index in [4.69, 9.17) is 0 Å². The van der Waals surface area contributed by atoms with Gasteiger partial charge in [-0.15, -0.1) is 0 Å². The minimum Gasteiger partial charge on any atom is -0.323 e. The van der Waals surface area contributed by atoms with Crippen molar-refractivity contribution < 1.29 is 4.79 Å². The maximum atomic E-state index is 12.3. The summed E-state index contributed by atoms with van der Waals surface area (Å²) in [6.07, 6.45) is 4.35. The Morgan fingerprint density at radius 3 is 2.53 bits per heavy atom. The van der Waals surface area contributed by atoms with Crippen molar-refractivity contribution in [1.82, 2.24) is 5.32 Å². The molecule has 2 rings (SSSR count). The molecule has 1 unspecified atom stereocenters. The molecule has 0 radical (unpaired) electrons. The maximum Gasteiger partial charge on any atom is 0.241 e. The van der Waals surface area contributed by atoms with E-state index in [9.17, 15) is 4.79 Å². The first kappa shape index (κ1) is 15.5. The van der Waals surface area contributed by atoms with Crippen LogP contribution in [-0.4, -0.2) is 18.5 Å². The number of hydrogen-bond acceptors (Lipinski definition) is 2. The van der Waals surface area contributed by atoms with Gasteiger partial charge in [-0.2, -0.15) is 0 Å². The lowest BCUT2D eigenvalue weighted by Crippen LogP contribution is -2.40. The molecule has 3 nitrogen and oxygen atoms in total. The summed E-state index contributed by atoms with van der Waals surface area (Å²) < 4.78 is 2.67. The zero-order valence-electron chi connectivity index (χ0n) is 10.3. The predicted molar refractivity (Wildman–Crippen MR) is 88.4 cm³/mol. The van der Waals surface area contributed by atoms with Crippen LogP contribution in [-0.2, 0) is 4.79 Å². The summed E-state index contributed by atoms with van der Waals surface area (Å²) in [6.45, 7) is 0.917. The van der Waals surface area contributed by atoms with E-state index < -0.39 is 0 Å². The Hall–Kier alpha value is 0.0900. The second-order valence-electron chi connectivity index (χ2n) is 4.59. The number of carbonyl (C=O) groups is 1. The van der Waals surface area contributed by atoms with E-state index in [1.54, 1.807) is 0 Å². The van der Waals surface area contributed by atoms with Gasteiger partial charge in [-0.3, -0.25) is 4.79 Å². The molecule has 1 aliphatic rings. The number of benzene rings is 1. The van der Waals surface area contributed by atoms with Gasteiger partial charge in [0.05, 0.1) is 11.7 Å². The van der Waals surface area contributed by atoms with Gasteiger partial charge < -0.3 is 10.6 Å². The lowest BCUT2D eigenvalue weighted by atomic mass is 10.1. The van der Waals surface area contributed by atoms with Crippen molar-refractivity contribution in [2.75, 3.05) is 11.9 Å². The predicted octanol–water partition coefficient (Wildman–Crippen LogP) is 4.44. The van der Waals surface area contributed by atoms with Crippen LogP contribution in [0.1, 0.15) is 25.7 Å². The second kappa shape index (κ2) is 7.20. The Morgan fingerprint density at radius 2 is 1.84 bits per heavy atom. The Morgan fingerprint density at radius 1 is 1.16 bits per heavy atom. The summed E-state index contributed by atoms with van der Waals surface area (Å²) >= 11 is 10.4. The number of halogens is 3. The fraction of sp³-hybridized carbons (Fsp3) is 0.462. The first-order valence-electron chi connectivity index (χ1n) is 6.26. The molecule has 1 aromatic rings. The monoisotopic (exact) mass is 452 g/mol. The van der Waals surface area contributed by atoms with Gasteiger partial charge in [0.25, 0.3) is 0 Å². The standard InChI is InChI=1S/C13H15Br3N2O/c14-8-6-9(15)12(10(16)7-8)18-13(19)11-4-2-1-3-5-17-11/h6-7,11,17H,1-5H2,(H,18,19). The number of nitrogens with one attached hydrogen (secondary N) is 2. The average molecular weight is 455 g/mol. The molecular weight excluding hydrogens is 440 g/mol. The van der Waals surface area contributed by atoms with Gasteiger partial charge in [0.1, 0.15) is 0 Å². The lowest BCUT2D eigenvalue weighted by molar-refractivity contribution is -0.118. The van der Waals surface area contributed by atoms with E-state index in [1.807, 2.05) is 12.1 Å². The first-order chi connectivity index (χ1) is 9.08. The quantitative estimate of drug-likeness (QED) is 0.693. The minimum atomic E-state index is -0.0926. The molecule has 0 aromatic heterocycles. The molecule has 1 amide bonds. The SMILES string of the molecule is O=C(Nc1c(Br)cc(Br)cc1Br)C1CCCCCN1. The van der Waals surface area contributed by atoms with Crippen molar-refractivity contribution in [1.29, 1.82) is 0 Å². The van der Waals surface area contributed by atoms with Gasteiger partial charge >= 0.3 is 0 Å². The molecule has 104 valence electrons. The molecule has 19 heavy (non-hydrogen) atoms. The van der Waals surface area contributed by atoms with Crippen LogP contribution in [0, 0.1) is 0 Å². The van der Waals surface area contributed by atoms with Crippen molar-refractivity contribution in [3.63, 3.8) is 0 Å². The second-order valence-corrected chi connectivity index (χ2v) is 7.21. The van der Waals surface area contributed by atoms with Crippen LogP contribution in [0.4, 0.5) is 5.69 Å². The highest BCUT2D eigenvalue weighted by atomic mass is 79.9. The van der Waals surface area contributed by atoms with Crippen LogP contribution in [0.25, 0.3) is 0 Å². The zero-order chi connectivity index (χ0) is 13.8. The lowest BCUT2D eigenvalue weighted by Gasteiger charge is -2.17. The molecule has 1 heterocycles. The van der Waals surface area contributed by atoms with E-state index in [0.717, 1.165) is 44.9 Å². The van der Waals surface area contributed by atoms with Gasteiger partial charge in [-0.1, -0.05) is 28.8 Å². The summed E-state index contributed by atoms with van der Waals surface area (Å²) in [5.41, 5.74) is 0.777. The third-order valence-electron chi connectivity index (χ3n) is 3.13. The van der Waals surface area contributed by atoms with Gasteiger partial charge in [0, 0.05) is 13.4 Å². The normalized spacial score (nSPS) is 19.8. The smallest absolute Gasteiger partial charge is 0.241 e. The van der Waals surface area contributed by atoms with Crippen molar-refractivity contribution >= 4 is 59.4 Å². The van der Waals surface area contributed by atoms with Crippen LogP contribution >= 0.6 is 47.8 Å². The highest BCUT2D eigenvalue weighted by molar-refractivity contribution is 9.11. The fourth-order valence-corrected chi connectivity index (χ4v) is 4.58. The molecule has 1 fully saturated rings. The number of amides is 1. The minimum absolute atomic E-state index is 0.0330. The molecule has 1 saturated heterocycles. The molecule has 0 aliphatic carbocycles. The van der Waals surface area contributed by atoms with Crippen LogP contribution in [0.5, 0.6) is 0 Å². The van der Waals surface area contributed by atoms with E-state index in [1.165, 1.54) is 6.42 Å². The Labute approximate surface area is 138 Å². The number of hydrogen-bond donors (Lipinski definition) is 2. The molecule has 1 aromatic carbocycles. The van der Waals surface area contributed by atoms with Gasteiger partial charge in [0.15, 0.2) is 0 Å². The fourth-order valence-electron chi connectivity index (χ4n) is 2.12. The third kappa shape index (κ3) is 4.28. The van der Waals surface area contributed by atoms with Crippen molar-refractivity contribution in [3.8, 4) is 0 Å². The van der Waals surface area contributed by atoms with Crippen molar-refractivity contribution in [3.05, 3.63) is 25.6 Å². The van der Waals surface area contributed by atoms with E-state index in [-0.39, 0.29) is 11.9 Å². The van der Waals surface area contributed by atoms with Crippen molar-refractivity contribution in [2.45, 2.75) is 31.7 Å². The molecule has 6 heteroatoms. The van der Waals surface area contributed by atoms with Crippen molar-refractivity contribution in [2.24, 2.45) is 0 Å². The Kier molecular flexibility index (Phi) is 5.87. The van der Waals surface area contributed by atoms with Crippen LogP contribution < -0.4 is 10.6 Å². The molecule has 2 N–H and O–H groups in total. The summed E-state index contributed by atoms with van der Waals surface area (Å²) in [5.74, 6) is 0.0330. The van der Waals surface area contributed by atoms with Crippen LogP contribution in [0.2, 0.25) is 0 Å². The van der Waals surface area contributed by atoms with Gasteiger partial charge in [0.2, 0.25) is 5.91 Å². The number of anilines is 1. The molecule has 1 aliphatic heterocycles. The summed E-state index contributed by atoms with van der Waals surface area (Å²) in [4.78, 5) is 12.3. The van der Waals surface area contributed by atoms with Gasteiger partial charge in [-0.05, 0) is 63.4 Å². The van der Waals surface area contributed by atoms with Crippen LogP contribution in [0.15, 0.2) is 25.6 Å². The summed E-state index contributed by atoms with van der Waals surface area (Å²) in [7, 11) is 0.